The highest BCUT2D eigenvalue weighted by atomic mass is 16.3. The summed E-state index contributed by atoms with van der Waals surface area (Å²) in [5.41, 5.74) is 4.24. The van der Waals surface area contributed by atoms with Gasteiger partial charge in [0.15, 0.2) is 0 Å². The molecule has 112 valence electrons. The number of H-pyrrole nitrogens is 1. The van der Waals surface area contributed by atoms with Gasteiger partial charge >= 0.3 is 5.69 Å². The Morgan fingerprint density at radius 1 is 1.40 bits per heavy atom. The van der Waals surface area contributed by atoms with Crippen LogP contribution in [0.3, 0.4) is 0 Å². The molecule has 1 aliphatic carbocycles. The molecule has 0 bridgehead atoms. The van der Waals surface area contributed by atoms with Gasteiger partial charge in [-0.1, -0.05) is 19.8 Å². The number of nitrogens with zero attached hydrogens (tertiary/aromatic N) is 1. The van der Waals surface area contributed by atoms with Crippen LogP contribution in [0, 0.1) is 0 Å². The van der Waals surface area contributed by atoms with Crippen molar-refractivity contribution in [1.82, 2.24) is 9.55 Å². The van der Waals surface area contributed by atoms with Crippen molar-refractivity contribution < 1.29 is 5.11 Å². The lowest BCUT2D eigenvalue weighted by atomic mass is 10.0. The number of hydrogen-bond donors (Lipinski definition) is 4. The van der Waals surface area contributed by atoms with E-state index in [1.54, 1.807) is 0 Å². The highest BCUT2D eigenvalue weighted by molar-refractivity contribution is 5.60. The first-order valence-electron chi connectivity index (χ1n) is 7.06. The average molecular weight is 282 g/mol. The molecule has 0 unspecified atom stereocenters. The van der Waals surface area contributed by atoms with Crippen LogP contribution in [0.15, 0.2) is 9.59 Å². The largest absolute Gasteiger partial charge is 0.388 e. The van der Waals surface area contributed by atoms with Crippen molar-refractivity contribution in [3.8, 4) is 0 Å². The number of nitrogens with one attached hydrogen (secondary N) is 2. The van der Waals surface area contributed by atoms with E-state index in [0.29, 0.717) is 19.4 Å². The number of anilines is 2. The summed E-state index contributed by atoms with van der Waals surface area (Å²) in [7, 11) is 0. The zero-order valence-electron chi connectivity index (χ0n) is 11.7. The molecule has 1 aromatic heterocycles. The topological polar surface area (TPSA) is 113 Å². The predicted molar refractivity (Wildman–Crippen MR) is 77.9 cm³/mol. The van der Waals surface area contributed by atoms with E-state index >= 15 is 0 Å². The van der Waals surface area contributed by atoms with Gasteiger partial charge in [0, 0.05) is 13.1 Å². The van der Waals surface area contributed by atoms with Crippen molar-refractivity contribution in [2.24, 2.45) is 0 Å². The molecule has 1 aliphatic rings. The highest BCUT2D eigenvalue weighted by Gasteiger charge is 2.31. The number of aliphatic hydroxyl groups is 1. The van der Waals surface area contributed by atoms with E-state index in [1.165, 1.54) is 4.57 Å². The first kappa shape index (κ1) is 14.6. The SMILES string of the molecule is CCCn1c(N)c(NCC2(O)CCCC2)c(=O)[nH]c1=O. The fourth-order valence-corrected chi connectivity index (χ4v) is 2.67. The summed E-state index contributed by atoms with van der Waals surface area (Å²) < 4.78 is 1.34. The van der Waals surface area contributed by atoms with E-state index in [2.05, 4.69) is 10.3 Å². The van der Waals surface area contributed by atoms with Gasteiger partial charge in [-0.05, 0) is 19.3 Å². The Morgan fingerprint density at radius 2 is 2.05 bits per heavy atom. The predicted octanol–water partition coefficient (Wildman–Crippen LogP) is 0.246. The molecule has 0 spiro atoms. The Hall–Kier alpha value is -1.76. The van der Waals surface area contributed by atoms with Crippen LogP contribution in [0.4, 0.5) is 11.5 Å². The van der Waals surface area contributed by atoms with Gasteiger partial charge in [-0.2, -0.15) is 0 Å². The standard InChI is InChI=1S/C13H22N4O3/c1-2-7-17-10(14)9(11(18)16-12(17)19)15-8-13(20)5-3-4-6-13/h15,20H,2-8,14H2,1H3,(H,16,18,19). The molecular formula is C13H22N4O3. The van der Waals surface area contributed by atoms with Gasteiger partial charge in [0.25, 0.3) is 5.56 Å². The Kier molecular flexibility index (Phi) is 4.17. The summed E-state index contributed by atoms with van der Waals surface area (Å²) in [6, 6.07) is 0. The number of hydrogen-bond acceptors (Lipinski definition) is 5. The van der Waals surface area contributed by atoms with Crippen LogP contribution in [0.5, 0.6) is 0 Å². The fourth-order valence-electron chi connectivity index (χ4n) is 2.67. The van der Waals surface area contributed by atoms with Crippen molar-refractivity contribution in [2.45, 2.75) is 51.2 Å². The van der Waals surface area contributed by atoms with Gasteiger partial charge in [0.05, 0.1) is 5.60 Å². The summed E-state index contributed by atoms with van der Waals surface area (Å²) in [6.45, 7) is 2.64. The van der Waals surface area contributed by atoms with Crippen LogP contribution >= 0.6 is 0 Å². The number of nitrogen functional groups attached to an aromatic ring is 1. The minimum absolute atomic E-state index is 0.127. The summed E-state index contributed by atoms with van der Waals surface area (Å²) in [5.74, 6) is 0.127. The van der Waals surface area contributed by atoms with Gasteiger partial charge in [0.2, 0.25) is 0 Å². The van der Waals surface area contributed by atoms with E-state index < -0.39 is 16.9 Å². The molecule has 5 N–H and O–H groups in total. The Balaban J connectivity index is 2.25. The quantitative estimate of drug-likeness (QED) is 0.618. The normalized spacial score (nSPS) is 17.3. The maximum absolute atomic E-state index is 11.8. The molecule has 0 atom stereocenters. The molecule has 2 rings (SSSR count). The van der Waals surface area contributed by atoms with Crippen molar-refractivity contribution in [2.75, 3.05) is 17.6 Å². The summed E-state index contributed by atoms with van der Waals surface area (Å²) in [4.78, 5) is 25.8. The van der Waals surface area contributed by atoms with Gasteiger partial charge in [-0.25, -0.2) is 4.79 Å². The van der Waals surface area contributed by atoms with E-state index in [9.17, 15) is 14.7 Å². The van der Waals surface area contributed by atoms with Gasteiger partial charge < -0.3 is 16.2 Å². The van der Waals surface area contributed by atoms with Crippen LogP contribution in [-0.4, -0.2) is 26.8 Å². The Bertz CT molecular complexity index is 584. The zero-order chi connectivity index (χ0) is 14.8. The molecule has 1 saturated carbocycles. The average Bonchev–Trinajstić information content (AvgIpc) is 2.81. The first-order valence-corrected chi connectivity index (χ1v) is 7.06. The monoisotopic (exact) mass is 282 g/mol. The van der Waals surface area contributed by atoms with Crippen LogP contribution in [0.2, 0.25) is 0 Å². The number of nitrogens with two attached hydrogens (primary N) is 1. The van der Waals surface area contributed by atoms with Crippen molar-refractivity contribution in [3.63, 3.8) is 0 Å². The molecule has 1 fully saturated rings. The summed E-state index contributed by atoms with van der Waals surface area (Å²) in [6.07, 6.45) is 4.14. The lowest BCUT2D eigenvalue weighted by Gasteiger charge is -2.23. The maximum Gasteiger partial charge on any atom is 0.330 e. The molecule has 0 aromatic carbocycles. The Morgan fingerprint density at radius 3 is 2.65 bits per heavy atom. The second-order valence-corrected chi connectivity index (χ2v) is 5.46. The van der Waals surface area contributed by atoms with Crippen LogP contribution in [-0.2, 0) is 6.54 Å². The smallest absolute Gasteiger partial charge is 0.330 e. The number of rotatable bonds is 5. The zero-order valence-corrected chi connectivity index (χ0v) is 11.7. The molecule has 20 heavy (non-hydrogen) atoms. The van der Waals surface area contributed by atoms with Crippen LogP contribution in [0.25, 0.3) is 0 Å². The highest BCUT2D eigenvalue weighted by Crippen LogP contribution is 2.29. The van der Waals surface area contributed by atoms with E-state index in [0.717, 1.165) is 19.3 Å². The van der Waals surface area contributed by atoms with Crippen LogP contribution in [0.1, 0.15) is 39.0 Å². The molecule has 0 radical (unpaired) electrons. The minimum Gasteiger partial charge on any atom is -0.388 e. The summed E-state index contributed by atoms with van der Waals surface area (Å²) in [5, 5.41) is 13.2. The van der Waals surface area contributed by atoms with Gasteiger partial charge in [0.1, 0.15) is 11.5 Å². The third-order valence-electron chi connectivity index (χ3n) is 3.82. The number of aromatic nitrogens is 2. The molecule has 0 amide bonds. The van der Waals surface area contributed by atoms with Gasteiger partial charge in [-0.15, -0.1) is 0 Å². The molecule has 0 saturated heterocycles. The van der Waals surface area contributed by atoms with Crippen LogP contribution < -0.4 is 22.3 Å². The molecule has 1 heterocycles. The van der Waals surface area contributed by atoms with Gasteiger partial charge in [-0.3, -0.25) is 14.3 Å². The lowest BCUT2D eigenvalue weighted by molar-refractivity contribution is 0.0614. The fraction of sp³-hybridized carbons (Fsp3) is 0.692. The molecular weight excluding hydrogens is 260 g/mol. The number of aromatic amines is 1. The molecule has 7 heteroatoms. The van der Waals surface area contributed by atoms with E-state index in [4.69, 9.17) is 5.73 Å². The molecule has 1 aromatic rings. The second-order valence-electron chi connectivity index (χ2n) is 5.46. The van der Waals surface area contributed by atoms with E-state index in [-0.39, 0.29) is 18.1 Å². The van der Waals surface area contributed by atoms with E-state index in [1.807, 2.05) is 6.92 Å². The maximum atomic E-state index is 11.8. The second kappa shape index (κ2) is 5.70. The third kappa shape index (κ3) is 2.87. The molecule has 0 aliphatic heterocycles. The first-order chi connectivity index (χ1) is 9.47. The third-order valence-corrected chi connectivity index (χ3v) is 3.82. The lowest BCUT2D eigenvalue weighted by Crippen LogP contribution is -2.38. The Labute approximate surface area is 116 Å². The minimum atomic E-state index is -0.787. The van der Waals surface area contributed by atoms with Crippen molar-refractivity contribution in [3.05, 3.63) is 20.8 Å². The molecule has 7 nitrogen and oxygen atoms in total. The summed E-state index contributed by atoms with van der Waals surface area (Å²) >= 11 is 0. The van der Waals surface area contributed by atoms with Crippen molar-refractivity contribution >= 4 is 11.5 Å². The van der Waals surface area contributed by atoms with Crippen molar-refractivity contribution in [1.29, 1.82) is 0 Å².